The topological polar surface area (TPSA) is 90.0 Å². The van der Waals surface area contributed by atoms with Gasteiger partial charge in [0.1, 0.15) is 18.4 Å². The summed E-state index contributed by atoms with van der Waals surface area (Å²) >= 11 is 6.10. The normalized spacial score (nSPS) is 12.5. The van der Waals surface area contributed by atoms with E-state index >= 15 is 0 Å². The molecule has 0 bridgehead atoms. The summed E-state index contributed by atoms with van der Waals surface area (Å²) < 4.78 is 41.4. The fourth-order valence-electron chi connectivity index (χ4n) is 3.19. The number of carbonyl (C=O) groups is 2. The van der Waals surface area contributed by atoms with Gasteiger partial charge in [-0.1, -0.05) is 37.6 Å². The standard InChI is InChI=1S/C24H32ClFN4O4S/c1-17(2)14-27-24(32)18(3)29(15-19-7-6-8-20(25)13-19)23(31)16-30(35(33,34)28(4)5)22-11-9-21(26)10-12-22/h6-13,17-18H,14-16H2,1-5H3,(H,27,32)/t18-/m1/s1. The van der Waals surface area contributed by atoms with Gasteiger partial charge in [-0.05, 0) is 54.8 Å². The maximum Gasteiger partial charge on any atom is 0.304 e. The molecule has 2 amide bonds. The van der Waals surface area contributed by atoms with E-state index in [1.807, 2.05) is 13.8 Å². The van der Waals surface area contributed by atoms with Crippen molar-refractivity contribution in [3.63, 3.8) is 0 Å². The second-order valence-electron chi connectivity index (χ2n) is 8.74. The first-order valence-electron chi connectivity index (χ1n) is 11.1. The van der Waals surface area contributed by atoms with Crippen LogP contribution in [0.15, 0.2) is 48.5 Å². The number of nitrogens with one attached hydrogen (secondary N) is 1. The van der Waals surface area contributed by atoms with E-state index in [1.165, 1.54) is 31.1 Å². The molecule has 2 aromatic rings. The molecule has 0 saturated carbocycles. The van der Waals surface area contributed by atoms with Crippen LogP contribution in [0.2, 0.25) is 5.02 Å². The number of benzene rings is 2. The lowest BCUT2D eigenvalue weighted by Gasteiger charge is -2.33. The third-order valence-corrected chi connectivity index (χ3v) is 7.28. The van der Waals surface area contributed by atoms with Crippen molar-refractivity contribution in [3.05, 3.63) is 64.9 Å². The van der Waals surface area contributed by atoms with E-state index < -0.39 is 34.5 Å². The molecule has 0 aromatic heterocycles. The number of carbonyl (C=O) groups excluding carboxylic acids is 2. The van der Waals surface area contributed by atoms with Crippen LogP contribution in [-0.4, -0.2) is 62.7 Å². The third-order valence-electron chi connectivity index (χ3n) is 5.23. The van der Waals surface area contributed by atoms with Gasteiger partial charge in [-0.3, -0.25) is 9.59 Å². The molecule has 0 aliphatic carbocycles. The Bertz CT molecular complexity index is 1130. The molecule has 192 valence electrons. The number of halogens is 2. The molecular formula is C24H32ClFN4O4S. The molecular weight excluding hydrogens is 495 g/mol. The zero-order valence-electron chi connectivity index (χ0n) is 20.5. The van der Waals surface area contributed by atoms with Crippen molar-refractivity contribution in [1.82, 2.24) is 14.5 Å². The Balaban J connectivity index is 2.42. The van der Waals surface area contributed by atoms with Crippen molar-refractivity contribution < 1.29 is 22.4 Å². The largest absolute Gasteiger partial charge is 0.354 e. The molecule has 0 heterocycles. The number of hydrogen-bond acceptors (Lipinski definition) is 4. The van der Waals surface area contributed by atoms with E-state index in [0.717, 1.165) is 20.7 Å². The minimum Gasteiger partial charge on any atom is -0.354 e. The zero-order chi connectivity index (χ0) is 26.3. The molecule has 2 aromatic carbocycles. The van der Waals surface area contributed by atoms with Crippen molar-refractivity contribution >= 4 is 39.3 Å². The van der Waals surface area contributed by atoms with Gasteiger partial charge in [0, 0.05) is 32.2 Å². The molecule has 0 spiro atoms. The zero-order valence-corrected chi connectivity index (χ0v) is 22.1. The molecule has 0 aliphatic rings. The van der Waals surface area contributed by atoms with Gasteiger partial charge in [-0.2, -0.15) is 12.7 Å². The van der Waals surface area contributed by atoms with Crippen LogP contribution in [0, 0.1) is 11.7 Å². The number of nitrogens with zero attached hydrogens (tertiary/aromatic N) is 3. The van der Waals surface area contributed by atoms with E-state index in [-0.39, 0.29) is 24.1 Å². The van der Waals surface area contributed by atoms with E-state index in [4.69, 9.17) is 11.6 Å². The molecule has 8 nitrogen and oxygen atoms in total. The van der Waals surface area contributed by atoms with Gasteiger partial charge < -0.3 is 10.2 Å². The van der Waals surface area contributed by atoms with Crippen molar-refractivity contribution in [2.75, 3.05) is 31.5 Å². The van der Waals surface area contributed by atoms with Crippen molar-refractivity contribution in [1.29, 1.82) is 0 Å². The molecule has 35 heavy (non-hydrogen) atoms. The maximum atomic E-state index is 13.6. The summed E-state index contributed by atoms with van der Waals surface area (Å²) in [6.45, 7) is 5.36. The molecule has 11 heteroatoms. The predicted molar refractivity (Wildman–Crippen MR) is 136 cm³/mol. The van der Waals surface area contributed by atoms with Crippen LogP contribution < -0.4 is 9.62 Å². The lowest BCUT2D eigenvalue weighted by molar-refractivity contribution is -0.139. The molecule has 0 aliphatic heterocycles. The number of rotatable bonds is 11. The molecule has 0 fully saturated rings. The average Bonchev–Trinajstić information content (AvgIpc) is 2.79. The van der Waals surface area contributed by atoms with Crippen LogP contribution in [0.1, 0.15) is 26.3 Å². The summed E-state index contributed by atoms with van der Waals surface area (Å²) in [5.74, 6) is -1.30. The van der Waals surface area contributed by atoms with Gasteiger partial charge in [0.15, 0.2) is 0 Å². The van der Waals surface area contributed by atoms with E-state index in [2.05, 4.69) is 5.32 Å². The molecule has 0 radical (unpaired) electrons. The summed E-state index contributed by atoms with van der Waals surface area (Å²) in [5, 5.41) is 3.28. The van der Waals surface area contributed by atoms with Gasteiger partial charge in [0.2, 0.25) is 11.8 Å². The lowest BCUT2D eigenvalue weighted by atomic mass is 10.1. The Morgan fingerprint density at radius 1 is 1.06 bits per heavy atom. The fourth-order valence-corrected chi connectivity index (χ4v) is 4.46. The lowest BCUT2D eigenvalue weighted by Crippen LogP contribution is -2.52. The fraction of sp³-hybridized carbons (Fsp3) is 0.417. The summed E-state index contributed by atoms with van der Waals surface area (Å²) in [5.41, 5.74) is 0.797. The van der Waals surface area contributed by atoms with Gasteiger partial charge in [-0.15, -0.1) is 0 Å². The predicted octanol–water partition coefficient (Wildman–Crippen LogP) is 3.28. The van der Waals surface area contributed by atoms with Crippen LogP contribution in [0.5, 0.6) is 0 Å². The first kappa shape index (κ1) is 28.5. The van der Waals surface area contributed by atoms with Crippen molar-refractivity contribution in [2.45, 2.75) is 33.4 Å². The monoisotopic (exact) mass is 526 g/mol. The van der Waals surface area contributed by atoms with E-state index in [1.54, 1.807) is 31.2 Å². The third kappa shape index (κ3) is 7.91. The Hall–Kier alpha value is -2.69. The number of hydrogen-bond donors (Lipinski definition) is 1. The second-order valence-corrected chi connectivity index (χ2v) is 11.2. The van der Waals surface area contributed by atoms with Crippen LogP contribution in [0.25, 0.3) is 0 Å². The first-order chi connectivity index (χ1) is 16.3. The SMILES string of the molecule is CC(C)CNC(=O)[C@@H](C)N(Cc1cccc(Cl)c1)C(=O)CN(c1ccc(F)cc1)S(=O)(=O)N(C)C. The average molecular weight is 527 g/mol. The van der Waals surface area contributed by atoms with Crippen LogP contribution in [-0.2, 0) is 26.3 Å². The Morgan fingerprint density at radius 2 is 1.69 bits per heavy atom. The highest BCUT2D eigenvalue weighted by molar-refractivity contribution is 7.90. The number of amides is 2. The highest BCUT2D eigenvalue weighted by atomic mass is 35.5. The second kappa shape index (κ2) is 12.3. The summed E-state index contributed by atoms with van der Waals surface area (Å²) in [6.07, 6.45) is 0. The summed E-state index contributed by atoms with van der Waals surface area (Å²) in [4.78, 5) is 27.7. The highest BCUT2D eigenvalue weighted by Crippen LogP contribution is 2.22. The van der Waals surface area contributed by atoms with Gasteiger partial charge in [0.25, 0.3) is 0 Å². The molecule has 2 rings (SSSR count). The van der Waals surface area contributed by atoms with Gasteiger partial charge >= 0.3 is 10.2 Å². The van der Waals surface area contributed by atoms with Gasteiger partial charge in [-0.25, -0.2) is 8.70 Å². The van der Waals surface area contributed by atoms with Crippen LogP contribution in [0.4, 0.5) is 10.1 Å². The Morgan fingerprint density at radius 3 is 2.23 bits per heavy atom. The van der Waals surface area contributed by atoms with Crippen LogP contribution >= 0.6 is 11.6 Å². The minimum absolute atomic E-state index is 0.0366. The Labute approximate surface area is 211 Å². The van der Waals surface area contributed by atoms with E-state index in [9.17, 15) is 22.4 Å². The minimum atomic E-state index is -4.11. The molecule has 0 saturated heterocycles. The Kier molecular flexibility index (Phi) is 10.1. The van der Waals surface area contributed by atoms with Crippen LogP contribution in [0.3, 0.4) is 0 Å². The summed E-state index contributed by atoms with van der Waals surface area (Å²) in [7, 11) is -1.43. The maximum absolute atomic E-state index is 13.6. The van der Waals surface area contributed by atoms with Gasteiger partial charge in [0.05, 0.1) is 5.69 Å². The smallest absolute Gasteiger partial charge is 0.304 e. The molecule has 1 N–H and O–H groups in total. The highest BCUT2D eigenvalue weighted by Gasteiger charge is 2.32. The summed E-state index contributed by atoms with van der Waals surface area (Å²) in [6, 6.07) is 10.8. The quantitative estimate of drug-likeness (QED) is 0.486. The van der Waals surface area contributed by atoms with E-state index in [0.29, 0.717) is 17.1 Å². The molecule has 0 unspecified atom stereocenters. The molecule has 1 atom stereocenters. The van der Waals surface area contributed by atoms with Crippen molar-refractivity contribution in [2.24, 2.45) is 5.92 Å². The number of anilines is 1. The van der Waals surface area contributed by atoms with Crippen molar-refractivity contribution in [3.8, 4) is 0 Å². The first-order valence-corrected chi connectivity index (χ1v) is 12.9.